The van der Waals surface area contributed by atoms with Gasteiger partial charge in [-0.1, -0.05) is 23.7 Å². The molecule has 0 radical (unpaired) electrons. The number of amides is 1. The summed E-state index contributed by atoms with van der Waals surface area (Å²) in [5.41, 5.74) is 1.50. The number of aliphatic hydroxyl groups is 1. The SMILES string of the molecule is O=C1C(=O)N(Cc2ccccn2)C(c2ccccn2)/C1=C(/O)c1ccc(Cl)cc1. The topological polar surface area (TPSA) is 83.4 Å². The molecule has 1 aliphatic rings. The quantitative estimate of drug-likeness (QED) is 0.406. The van der Waals surface area contributed by atoms with E-state index in [1.165, 1.54) is 4.90 Å². The van der Waals surface area contributed by atoms with Gasteiger partial charge in [0.15, 0.2) is 0 Å². The van der Waals surface area contributed by atoms with Gasteiger partial charge in [0.05, 0.1) is 23.5 Å². The lowest BCUT2D eigenvalue weighted by Crippen LogP contribution is -2.29. The lowest BCUT2D eigenvalue weighted by atomic mass is 9.98. The lowest BCUT2D eigenvalue weighted by molar-refractivity contribution is -0.140. The molecule has 1 aromatic carbocycles. The van der Waals surface area contributed by atoms with Gasteiger partial charge in [-0.15, -0.1) is 0 Å². The van der Waals surface area contributed by atoms with Crippen LogP contribution >= 0.6 is 11.6 Å². The molecule has 29 heavy (non-hydrogen) atoms. The highest BCUT2D eigenvalue weighted by atomic mass is 35.5. The number of Topliss-reactive ketones (excluding diaryl/α,β-unsaturated/α-hetero) is 1. The Morgan fingerprint density at radius 3 is 2.28 bits per heavy atom. The van der Waals surface area contributed by atoms with Gasteiger partial charge in [0, 0.05) is 23.0 Å². The number of benzene rings is 1. The summed E-state index contributed by atoms with van der Waals surface area (Å²) in [5.74, 6) is -1.73. The van der Waals surface area contributed by atoms with E-state index in [2.05, 4.69) is 9.97 Å². The smallest absolute Gasteiger partial charge is 0.296 e. The van der Waals surface area contributed by atoms with Gasteiger partial charge in [0.1, 0.15) is 11.8 Å². The number of halogens is 1. The minimum atomic E-state index is -0.825. The van der Waals surface area contributed by atoms with Crippen LogP contribution in [0.25, 0.3) is 5.76 Å². The molecule has 0 spiro atoms. The molecule has 1 saturated heterocycles. The molecule has 144 valence electrons. The molecule has 0 bridgehead atoms. The van der Waals surface area contributed by atoms with Crippen LogP contribution in [-0.4, -0.2) is 31.7 Å². The fourth-order valence-electron chi connectivity index (χ4n) is 3.32. The molecule has 1 N–H and O–H groups in total. The first-order valence-electron chi connectivity index (χ1n) is 8.91. The number of hydrogen-bond donors (Lipinski definition) is 1. The molecular formula is C22H16ClN3O3. The first-order chi connectivity index (χ1) is 14.1. The van der Waals surface area contributed by atoms with Crippen LogP contribution in [0.3, 0.4) is 0 Å². The van der Waals surface area contributed by atoms with Crippen LogP contribution in [0.1, 0.15) is 23.0 Å². The summed E-state index contributed by atoms with van der Waals surface area (Å²) in [6.45, 7) is 0.115. The van der Waals surface area contributed by atoms with Crippen molar-refractivity contribution in [2.75, 3.05) is 0 Å². The molecule has 4 rings (SSSR count). The zero-order valence-electron chi connectivity index (χ0n) is 15.2. The minimum Gasteiger partial charge on any atom is -0.507 e. The second-order valence-corrected chi connectivity index (χ2v) is 6.95. The third-order valence-corrected chi connectivity index (χ3v) is 4.94. The zero-order valence-corrected chi connectivity index (χ0v) is 16.0. The number of ketones is 1. The highest BCUT2D eigenvalue weighted by Gasteiger charge is 2.46. The van der Waals surface area contributed by atoms with Crippen LogP contribution in [0.2, 0.25) is 5.02 Å². The average molecular weight is 406 g/mol. The van der Waals surface area contributed by atoms with Crippen LogP contribution in [0.15, 0.2) is 78.6 Å². The van der Waals surface area contributed by atoms with E-state index in [-0.39, 0.29) is 17.9 Å². The van der Waals surface area contributed by atoms with Crippen LogP contribution < -0.4 is 0 Å². The second kappa shape index (κ2) is 7.85. The Kier molecular flexibility index (Phi) is 5.10. The van der Waals surface area contributed by atoms with Gasteiger partial charge in [0.2, 0.25) is 0 Å². The molecule has 2 aromatic heterocycles. The molecule has 3 aromatic rings. The van der Waals surface area contributed by atoms with E-state index in [0.717, 1.165) is 0 Å². The van der Waals surface area contributed by atoms with Crippen molar-refractivity contribution in [1.29, 1.82) is 0 Å². The highest BCUT2D eigenvalue weighted by molar-refractivity contribution is 6.46. The van der Waals surface area contributed by atoms with E-state index in [1.807, 2.05) is 6.07 Å². The molecule has 1 amide bonds. The number of likely N-dealkylation sites (tertiary alicyclic amines) is 1. The second-order valence-electron chi connectivity index (χ2n) is 6.51. The normalized spacial score (nSPS) is 18.2. The summed E-state index contributed by atoms with van der Waals surface area (Å²) < 4.78 is 0. The van der Waals surface area contributed by atoms with Crippen LogP contribution in [0.4, 0.5) is 0 Å². The molecular weight excluding hydrogens is 390 g/mol. The Hall–Kier alpha value is -3.51. The fourth-order valence-corrected chi connectivity index (χ4v) is 3.44. The predicted octanol–water partition coefficient (Wildman–Crippen LogP) is 3.75. The van der Waals surface area contributed by atoms with Gasteiger partial charge in [-0.2, -0.15) is 0 Å². The van der Waals surface area contributed by atoms with Crippen molar-refractivity contribution >= 4 is 29.1 Å². The van der Waals surface area contributed by atoms with Crippen LogP contribution in [0, 0.1) is 0 Å². The van der Waals surface area contributed by atoms with E-state index in [4.69, 9.17) is 11.6 Å². The number of rotatable bonds is 4. The van der Waals surface area contributed by atoms with Gasteiger partial charge in [0.25, 0.3) is 11.7 Å². The largest absolute Gasteiger partial charge is 0.507 e. The summed E-state index contributed by atoms with van der Waals surface area (Å²) >= 11 is 5.92. The number of carbonyl (C=O) groups is 2. The Morgan fingerprint density at radius 2 is 1.66 bits per heavy atom. The van der Waals surface area contributed by atoms with E-state index in [9.17, 15) is 14.7 Å². The standard InChI is InChI=1S/C22H16ClN3O3/c23-15-9-7-14(8-10-15)20(27)18-19(17-6-2-4-12-25-17)26(22(29)21(18)28)13-16-5-1-3-11-24-16/h1-12,19,27H,13H2/b20-18-. The minimum absolute atomic E-state index is 0.00745. The average Bonchev–Trinajstić information content (AvgIpc) is 3.00. The zero-order chi connectivity index (χ0) is 20.4. The first kappa shape index (κ1) is 18.8. The van der Waals surface area contributed by atoms with Gasteiger partial charge >= 0.3 is 0 Å². The molecule has 1 fully saturated rings. The Balaban J connectivity index is 1.85. The van der Waals surface area contributed by atoms with Crippen LogP contribution in [-0.2, 0) is 16.1 Å². The van der Waals surface area contributed by atoms with E-state index in [0.29, 0.717) is 22.0 Å². The van der Waals surface area contributed by atoms with Crippen molar-refractivity contribution in [3.63, 3.8) is 0 Å². The predicted molar refractivity (Wildman–Crippen MR) is 108 cm³/mol. The fraction of sp³-hybridized carbons (Fsp3) is 0.0909. The van der Waals surface area contributed by atoms with E-state index < -0.39 is 17.7 Å². The van der Waals surface area contributed by atoms with Crippen molar-refractivity contribution in [2.45, 2.75) is 12.6 Å². The van der Waals surface area contributed by atoms with Gasteiger partial charge in [-0.25, -0.2) is 0 Å². The third kappa shape index (κ3) is 3.62. The van der Waals surface area contributed by atoms with Crippen molar-refractivity contribution in [2.24, 2.45) is 0 Å². The maximum absolute atomic E-state index is 12.9. The number of aromatic nitrogens is 2. The van der Waals surface area contributed by atoms with Gasteiger partial charge in [-0.3, -0.25) is 19.6 Å². The van der Waals surface area contributed by atoms with Gasteiger partial charge < -0.3 is 10.0 Å². The van der Waals surface area contributed by atoms with E-state index in [1.54, 1.807) is 67.0 Å². The Labute approximate surface area is 172 Å². The van der Waals surface area contributed by atoms with Crippen molar-refractivity contribution in [3.05, 3.63) is 101 Å². The number of hydrogen-bond acceptors (Lipinski definition) is 5. The maximum Gasteiger partial charge on any atom is 0.296 e. The van der Waals surface area contributed by atoms with Crippen molar-refractivity contribution < 1.29 is 14.7 Å². The number of carbonyl (C=O) groups excluding carboxylic acids is 2. The first-order valence-corrected chi connectivity index (χ1v) is 9.29. The summed E-state index contributed by atoms with van der Waals surface area (Å²) in [7, 11) is 0. The summed E-state index contributed by atoms with van der Waals surface area (Å²) in [6, 6.07) is 16.2. The number of aliphatic hydroxyl groups excluding tert-OH is 1. The molecule has 7 heteroatoms. The molecule has 3 heterocycles. The number of pyridine rings is 2. The molecule has 1 atom stereocenters. The lowest BCUT2D eigenvalue weighted by Gasteiger charge is -2.24. The number of nitrogens with zero attached hydrogens (tertiary/aromatic N) is 3. The highest BCUT2D eigenvalue weighted by Crippen LogP contribution is 2.39. The molecule has 1 unspecified atom stereocenters. The maximum atomic E-state index is 12.9. The monoisotopic (exact) mass is 405 g/mol. The molecule has 1 aliphatic heterocycles. The summed E-state index contributed by atoms with van der Waals surface area (Å²) in [6.07, 6.45) is 3.20. The molecule has 0 saturated carbocycles. The molecule has 0 aliphatic carbocycles. The Bertz CT molecular complexity index is 1080. The molecule has 6 nitrogen and oxygen atoms in total. The van der Waals surface area contributed by atoms with Gasteiger partial charge in [-0.05, 0) is 48.5 Å². The summed E-state index contributed by atoms with van der Waals surface area (Å²) in [5, 5.41) is 11.4. The van der Waals surface area contributed by atoms with E-state index >= 15 is 0 Å². The summed E-state index contributed by atoms with van der Waals surface area (Å²) in [4.78, 5) is 35.7. The van der Waals surface area contributed by atoms with Crippen LogP contribution in [0.5, 0.6) is 0 Å². The van der Waals surface area contributed by atoms with Crippen molar-refractivity contribution in [1.82, 2.24) is 14.9 Å². The Morgan fingerprint density at radius 1 is 0.966 bits per heavy atom. The van der Waals surface area contributed by atoms with Crippen molar-refractivity contribution in [3.8, 4) is 0 Å². The third-order valence-electron chi connectivity index (χ3n) is 4.68.